The SMILES string of the molecule is CC(C)[C@@H](CNC(=O)CCc1nc(-c2ccc(F)cc2)no1)N1CCOCC1. The number of benzene rings is 1. The second kappa shape index (κ2) is 9.75. The molecule has 152 valence electrons. The fraction of sp³-hybridized carbons (Fsp3) is 0.550. The number of carbonyl (C=O) groups is 1. The maximum Gasteiger partial charge on any atom is 0.227 e. The lowest BCUT2D eigenvalue weighted by Crippen LogP contribution is -2.51. The van der Waals surface area contributed by atoms with Gasteiger partial charge in [-0.05, 0) is 30.2 Å². The van der Waals surface area contributed by atoms with Gasteiger partial charge in [-0.1, -0.05) is 19.0 Å². The average molecular weight is 390 g/mol. The highest BCUT2D eigenvalue weighted by atomic mass is 19.1. The van der Waals surface area contributed by atoms with Crippen LogP contribution in [-0.2, 0) is 16.0 Å². The van der Waals surface area contributed by atoms with Crippen molar-refractivity contribution < 1.29 is 18.4 Å². The van der Waals surface area contributed by atoms with Crippen LogP contribution in [0.3, 0.4) is 0 Å². The molecule has 0 aliphatic carbocycles. The summed E-state index contributed by atoms with van der Waals surface area (Å²) in [6.45, 7) is 8.22. The first-order valence-electron chi connectivity index (χ1n) is 9.70. The first-order chi connectivity index (χ1) is 13.5. The van der Waals surface area contributed by atoms with Gasteiger partial charge in [-0.25, -0.2) is 4.39 Å². The zero-order chi connectivity index (χ0) is 19.9. The zero-order valence-corrected chi connectivity index (χ0v) is 16.4. The van der Waals surface area contributed by atoms with Crippen molar-refractivity contribution in [2.24, 2.45) is 5.92 Å². The van der Waals surface area contributed by atoms with Gasteiger partial charge in [-0.2, -0.15) is 4.98 Å². The molecule has 2 aromatic rings. The number of carbonyl (C=O) groups excluding carboxylic acids is 1. The fourth-order valence-electron chi connectivity index (χ4n) is 3.30. The summed E-state index contributed by atoms with van der Waals surface area (Å²) in [5.41, 5.74) is 0.672. The lowest BCUT2D eigenvalue weighted by molar-refractivity contribution is -0.121. The molecule has 1 aliphatic rings. The Kier molecular flexibility index (Phi) is 7.11. The molecule has 0 bridgehead atoms. The number of morpholine rings is 1. The summed E-state index contributed by atoms with van der Waals surface area (Å²) < 4.78 is 23.6. The molecule has 1 saturated heterocycles. The maximum absolute atomic E-state index is 13.0. The van der Waals surface area contributed by atoms with Crippen molar-refractivity contribution in [3.05, 3.63) is 36.0 Å². The van der Waals surface area contributed by atoms with E-state index in [1.165, 1.54) is 12.1 Å². The van der Waals surface area contributed by atoms with Crippen LogP contribution in [-0.4, -0.2) is 59.8 Å². The average Bonchev–Trinajstić information content (AvgIpc) is 3.17. The third-order valence-corrected chi connectivity index (χ3v) is 4.93. The Morgan fingerprint density at radius 2 is 1.96 bits per heavy atom. The van der Waals surface area contributed by atoms with Crippen LogP contribution < -0.4 is 5.32 Å². The molecule has 8 heteroatoms. The first kappa shape index (κ1) is 20.4. The minimum absolute atomic E-state index is 0.0413. The molecule has 1 N–H and O–H groups in total. The summed E-state index contributed by atoms with van der Waals surface area (Å²) in [6, 6.07) is 6.17. The number of halogens is 1. The number of nitrogens with zero attached hydrogens (tertiary/aromatic N) is 3. The number of hydrogen-bond donors (Lipinski definition) is 1. The third kappa shape index (κ3) is 5.59. The molecule has 1 fully saturated rings. The molecule has 0 saturated carbocycles. The largest absolute Gasteiger partial charge is 0.379 e. The summed E-state index contributed by atoms with van der Waals surface area (Å²) in [5, 5.41) is 6.92. The van der Waals surface area contributed by atoms with Crippen LogP contribution in [0.25, 0.3) is 11.4 Å². The lowest BCUT2D eigenvalue weighted by Gasteiger charge is -2.36. The van der Waals surface area contributed by atoms with E-state index in [0.717, 1.165) is 26.3 Å². The topological polar surface area (TPSA) is 80.5 Å². The molecule has 0 unspecified atom stereocenters. The van der Waals surface area contributed by atoms with Gasteiger partial charge in [0.25, 0.3) is 0 Å². The highest BCUT2D eigenvalue weighted by Crippen LogP contribution is 2.17. The summed E-state index contributed by atoms with van der Waals surface area (Å²) in [4.78, 5) is 18.9. The number of aryl methyl sites for hydroxylation is 1. The molecule has 2 heterocycles. The number of aromatic nitrogens is 2. The smallest absolute Gasteiger partial charge is 0.227 e. The van der Waals surface area contributed by atoms with Gasteiger partial charge in [0.15, 0.2) is 0 Å². The van der Waals surface area contributed by atoms with E-state index in [9.17, 15) is 9.18 Å². The molecule has 3 rings (SSSR count). The zero-order valence-electron chi connectivity index (χ0n) is 16.4. The van der Waals surface area contributed by atoms with Crippen LogP contribution >= 0.6 is 0 Å². The Labute approximate surface area is 164 Å². The second-order valence-corrected chi connectivity index (χ2v) is 7.28. The van der Waals surface area contributed by atoms with Crippen LogP contribution in [0.5, 0.6) is 0 Å². The Hall–Kier alpha value is -2.32. The van der Waals surface area contributed by atoms with Gasteiger partial charge < -0.3 is 14.6 Å². The monoisotopic (exact) mass is 390 g/mol. The van der Waals surface area contributed by atoms with Crippen LogP contribution in [0.1, 0.15) is 26.2 Å². The van der Waals surface area contributed by atoms with Gasteiger partial charge >= 0.3 is 0 Å². The van der Waals surface area contributed by atoms with E-state index < -0.39 is 0 Å². The third-order valence-electron chi connectivity index (χ3n) is 4.93. The summed E-state index contributed by atoms with van der Waals surface area (Å²) in [6.07, 6.45) is 0.642. The van der Waals surface area contributed by atoms with Crippen molar-refractivity contribution >= 4 is 5.91 Å². The van der Waals surface area contributed by atoms with E-state index in [2.05, 4.69) is 34.2 Å². The number of rotatable bonds is 8. The van der Waals surface area contributed by atoms with E-state index in [1.807, 2.05) is 0 Å². The Morgan fingerprint density at radius 1 is 1.25 bits per heavy atom. The van der Waals surface area contributed by atoms with Gasteiger partial charge in [-0.15, -0.1) is 0 Å². The quantitative estimate of drug-likeness (QED) is 0.745. The standard InChI is InChI=1S/C20H27FN4O3/c1-14(2)17(25-9-11-27-12-10-25)13-22-18(26)7-8-19-23-20(24-28-19)15-3-5-16(21)6-4-15/h3-6,14,17H,7-13H2,1-2H3,(H,22,26)/t17-/m1/s1. The predicted molar refractivity (Wildman–Crippen MR) is 102 cm³/mol. The number of nitrogens with one attached hydrogen (secondary N) is 1. The highest BCUT2D eigenvalue weighted by molar-refractivity contribution is 5.76. The minimum Gasteiger partial charge on any atom is -0.379 e. The van der Waals surface area contributed by atoms with Gasteiger partial charge in [0.05, 0.1) is 13.2 Å². The van der Waals surface area contributed by atoms with Crippen molar-refractivity contribution in [3.8, 4) is 11.4 Å². The predicted octanol–water partition coefficient (Wildman–Crippen LogP) is 2.28. The minimum atomic E-state index is -0.319. The molecule has 7 nitrogen and oxygen atoms in total. The fourth-order valence-corrected chi connectivity index (χ4v) is 3.30. The van der Waals surface area contributed by atoms with Gasteiger partial charge in [0.2, 0.25) is 17.6 Å². The van der Waals surface area contributed by atoms with Gasteiger partial charge in [-0.3, -0.25) is 9.69 Å². The molecular formula is C20H27FN4O3. The molecule has 1 aromatic carbocycles. The van der Waals surface area contributed by atoms with Crippen molar-refractivity contribution in [1.29, 1.82) is 0 Å². The number of ether oxygens (including phenoxy) is 1. The highest BCUT2D eigenvalue weighted by Gasteiger charge is 2.24. The van der Waals surface area contributed by atoms with E-state index in [4.69, 9.17) is 9.26 Å². The Balaban J connectivity index is 1.46. The molecule has 1 aliphatic heterocycles. The molecule has 1 atom stereocenters. The molecule has 1 aromatic heterocycles. The lowest BCUT2D eigenvalue weighted by atomic mass is 10.0. The summed E-state index contributed by atoms with van der Waals surface area (Å²) in [5.74, 6) is 0.861. The van der Waals surface area contributed by atoms with E-state index in [-0.39, 0.29) is 18.1 Å². The second-order valence-electron chi connectivity index (χ2n) is 7.28. The number of hydrogen-bond acceptors (Lipinski definition) is 6. The summed E-state index contributed by atoms with van der Waals surface area (Å²) >= 11 is 0. The van der Waals surface area contributed by atoms with Crippen molar-refractivity contribution in [1.82, 2.24) is 20.4 Å². The van der Waals surface area contributed by atoms with E-state index in [1.54, 1.807) is 12.1 Å². The molecule has 0 spiro atoms. The van der Waals surface area contributed by atoms with E-state index in [0.29, 0.717) is 42.2 Å². The van der Waals surface area contributed by atoms with Gasteiger partial charge in [0.1, 0.15) is 5.82 Å². The molecular weight excluding hydrogens is 363 g/mol. The molecule has 0 radical (unpaired) electrons. The first-order valence-corrected chi connectivity index (χ1v) is 9.70. The van der Waals surface area contributed by atoms with Crippen LogP contribution in [0, 0.1) is 11.7 Å². The maximum atomic E-state index is 13.0. The van der Waals surface area contributed by atoms with Gasteiger partial charge in [0, 0.05) is 44.1 Å². The summed E-state index contributed by atoms with van der Waals surface area (Å²) in [7, 11) is 0. The van der Waals surface area contributed by atoms with Crippen molar-refractivity contribution in [2.75, 3.05) is 32.8 Å². The molecule has 1 amide bonds. The Bertz CT molecular complexity index is 757. The van der Waals surface area contributed by atoms with Crippen molar-refractivity contribution in [2.45, 2.75) is 32.7 Å². The van der Waals surface area contributed by atoms with Crippen LogP contribution in [0.2, 0.25) is 0 Å². The van der Waals surface area contributed by atoms with Crippen molar-refractivity contribution in [3.63, 3.8) is 0 Å². The Morgan fingerprint density at radius 3 is 2.64 bits per heavy atom. The molecule has 28 heavy (non-hydrogen) atoms. The van der Waals surface area contributed by atoms with Crippen LogP contribution in [0.4, 0.5) is 4.39 Å². The van der Waals surface area contributed by atoms with E-state index >= 15 is 0 Å². The number of amides is 1. The normalized spacial score (nSPS) is 16.3. The van der Waals surface area contributed by atoms with Crippen LogP contribution in [0.15, 0.2) is 28.8 Å².